The van der Waals surface area contributed by atoms with E-state index in [9.17, 15) is 9.18 Å². The molecule has 0 aliphatic carbocycles. The average molecular weight is 370 g/mol. The highest BCUT2D eigenvalue weighted by atomic mass is 19.1. The summed E-state index contributed by atoms with van der Waals surface area (Å²) in [5, 5.41) is 13.7. The fourth-order valence-corrected chi connectivity index (χ4v) is 3.04. The van der Waals surface area contributed by atoms with Crippen LogP contribution >= 0.6 is 0 Å². The number of rotatable bonds is 3. The molecule has 136 valence electrons. The van der Waals surface area contributed by atoms with Gasteiger partial charge in [-0.3, -0.25) is 0 Å². The van der Waals surface area contributed by atoms with E-state index in [4.69, 9.17) is 5.26 Å². The lowest BCUT2D eigenvalue weighted by Gasteiger charge is -2.05. The number of aryl methyl sites for hydroxylation is 1. The standard InChI is InChI=1S/C22H15FN4O/c1-15-13-20(10-7-17(15)14-24)27-22(28)26(19-11-8-18(23)9-12-19)21(25-27)16-5-3-2-4-6-16/h2-13H,1H3. The first-order valence-electron chi connectivity index (χ1n) is 8.63. The molecule has 0 aliphatic heterocycles. The third-order valence-corrected chi connectivity index (χ3v) is 4.47. The summed E-state index contributed by atoms with van der Waals surface area (Å²) < 4.78 is 16.1. The number of hydrogen-bond donors (Lipinski definition) is 0. The number of halogens is 1. The molecule has 0 aliphatic rings. The molecule has 5 nitrogen and oxygen atoms in total. The van der Waals surface area contributed by atoms with Crippen molar-refractivity contribution in [3.8, 4) is 28.8 Å². The molecule has 6 heteroatoms. The summed E-state index contributed by atoms with van der Waals surface area (Å²) in [6.07, 6.45) is 0. The smallest absolute Gasteiger partial charge is 0.245 e. The Morgan fingerprint density at radius 3 is 2.29 bits per heavy atom. The second-order valence-corrected chi connectivity index (χ2v) is 6.31. The van der Waals surface area contributed by atoms with Crippen molar-refractivity contribution in [3.63, 3.8) is 0 Å². The second kappa shape index (κ2) is 6.97. The van der Waals surface area contributed by atoms with Crippen molar-refractivity contribution in [2.24, 2.45) is 0 Å². The number of nitriles is 1. The van der Waals surface area contributed by atoms with Crippen LogP contribution in [-0.2, 0) is 0 Å². The normalized spacial score (nSPS) is 10.6. The zero-order chi connectivity index (χ0) is 19.7. The van der Waals surface area contributed by atoms with Gasteiger partial charge in [-0.2, -0.15) is 9.94 Å². The predicted molar refractivity (Wildman–Crippen MR) is 104 cm³/mol. The Hall–Kier alpha value is -3.98. The molecule has 4 rings (SSSR count). The van der Waals surface area contributed by atoms with Crippen molar-refractivity contribution < 1.29 is 4.39 Å². The van der Waals surface area contributed by atoms with Crippen LogP contribution < -0.4 is 5.69 Å². The molecule has 0 atom stereocenters. The van der Waals surface area contributed by atoms with Gasteiger partial charge in [0.25, 0.3) is 0 Å². The van der Waals surface area contributed by atoms with E-state index in [0.29, 0.717) is 22.8 Å². The van der Waals surface area contributed by atoms with Crippen LogP contribution in [0.4, 0.5) is 4.39 Å². The quantitative estimate of drug-likeness (QED) is 0.547. The SMILES string of the molecule is Cc1cc(-n2nc(-c3ccccc3)n(-c3ccc(F)cc3)c2=O)ccc1C#N. The summed E-state index contributed by atoms with van der Waals surface area (Å²) >= 11 is 0. The Labute approximate surface area is 160 Å². The van der Waals surface area contributed by atoms with Gasteiger partial charge in [0, 0.05) is 5.56 Å². The lowest BCUT2D eigenvalue weighted by molar-refractivity contribution is 0.627. The van der Waals surface area contributed by atoms with E-state index in [2.05, 4.69) is 11.2 Å². The molecule has 0 spiro atoms. The van der Waals surface area contributed by atoms with E-state index in [1.807, 2.05) is 37.3 Å². The van der Waals surface area contributed by atoms with Crippen molar-refractivity contribution in [1.29, 1.82) is 5.26 Å². The number of benzene rings is 3. The topological polar surface area (TPSA) is 63.6 Å². The van der Waals surface area contributed by atoms with Crippen LogP contribution in [-0.4, -0.2) is 14.3 Å². The van der Waals surface area contributed by atoms with Gasteiger partial charge < -0.3 is 0 Å². The van der Waals surface area contributed by atoms with Gasteiger partial charge in [0.15, 0.2) is 5.82 Å². The maximum atomic E-state index is 13.4. The molecule has 0 radical (unpaired) electrons. The zero-order valence-corrected chi connectivity index (χ0v) is 15.0. The Morgan fingerprint density at radius 1 is 0.964 bits per heavy atom. The van der Waals surface area contributed by atoms with Crippen molar-refractivity contribution in [1.82, 2.24) is 14.3 Å². The van der Waals surface area contributed by atoms with Crippen LogP contribution in [0.5, 0.6) is 0 Å². The molecule has 0 amide bonds. The number of hydrogen-bond acceptors (Lipinski definition) is 3. The summed E-state index contributed by atoms with van der Waals surface area (Å²) in [7, 11) is 0. The van der Waals surface area contributed by atoms with Crippen molar-refractivity contribution in [2.45, 2.75) is 6.92 Å². The van der Waals surface area contributed by atoms with Crippen LogP contribution in [0.1, 0.15) is 11.1 Å². The minimum atomic E-state index is -0.381. The Balaban J connectivity index is 1.97. The highest BCUT2D eigenvalue weighted by Gasteiger charge is 2.18. The van der Waals surface area contributed by atoms with Gasteiger partial charge in [0.2, 0.25) is 0 Å². The third kappa shape index (κ3) is 2.99. The molecule has 1 heterocycles. The van der Waals surface area contributed by atoms with E-state index in [1.165, 1.54) is 21.4 Å². The maximum absolute atomic E-state index is 13.4. The van der Waals surface area contributed by atoms with Gasteiger partial charge in [-0.1, -0.05) is 30.3 Å². The highest BCUT2D eigenvalue weighted by molar-refractivity contribution is 5.58. The molecule has 0 saturated heterocycles. The molecule has 1 aromatic heterocycles. The fourth-order valence-electron chi connectivity index (χ4n) is 3.04. The Bertz CT molecular complexity index is 1250. The predicted octanol–water partition coefficient (Wildman–Crippen LogP) is 4.01. The summed E-state index contributed by atoms with van der Waals surface area (Å²) in [5.41, 5.74) is 2.74. The molecule has 0 fully saturated rings. The number of nitrogens with zero attached hydrogens (tertiary/aromatic N) is 4. The van der Waals surface area contributed by atoms with Gasteiger partial charge >= 0.3 is 5.69 Å². The monoisotopic (exact) mass is 370 g/mol. The van der Waals surface area contributed by atoms with Gasteiger partial charge in [0.1, 0.15) is 5.82 Å². The molecular formula is C22H15FN4O. The van der Waals surface area contributed by atoms with Gasteiger partial charge in [-0.25, -0.2) is 13.8 Å². The molecule has 3 aromatic carbocycles. The number of aromatic nitrogens is 3. The van der Waals surface area contributed by atoms with Gasteiger partial charge in [-0.05, 0) is 55.0 Å². The van der Waals surface area contributed by atoms with Crippen LogP contribution in [0.25, 0.3) is 22.8 Å². The van der Waals surface area contributed by atoms with E-state index >= 15 is 0 Å². The average Bonchev–Trinajstić information content (AvgIpc) is 3.06. The zero-order valence-electron chi connectivity index (χ0n) is 15.0. The maximum Gasteiger partial charge on any atom is 0.355 e. The van der Waals surface area contributed by atoms with Crippen LogP contribution in [0.15, 0.2) is 77.6 Å². The highest BCUT2D eigenvalue weighted by Crippen LogP contribution is 2.21. The summed E-state index contributed by atoms with van der Waals surface area (Å²) in [6, 6.07) is 22.2. The molecule has 0 unspecified atom stereocenters. The molecule has 0 N–H and O–H groups in total. The van der Waals surface area contributed by atoms with Crippen molar-refractivity contribution >= 4 is 0 Å². The first-order valence-corrected chi connectivity index (χ1v) is 8.63. The van der Waals surface area contributed by atoms with Crippen molar-refractivity contribution in [3.05, 3.63) is 100 Å². The molecule has 0 bridgehead atoms. The molecule has 28 heavy (non-hydrogen) atoms. The summed E-state index contributed by atoms with van der Waals surface area (Å²) in [4.78, 5) is 13.2. The lowest BCUT2D eigenvalue weighted by atomic mass is 10.1. The molecule has 4 aromatic rings. The summed E-state index contributed by atoms with van der Waals surface area (Å²) in [6.45, 7) is 1.81. The van der Waals surface area contributed by atoms with E-state index in [0.717, 1.165) is 11.1 Å². The molecular weight excluding hydrogens is 355 g/mol. The van der Waals surface area contributed by atoms with E-state index in [1.54, 1.807) is 30.3 Å². The van der Waals surface area contributed by atoms with Crippen LogP contribution in [0.3, 0.4) is 0 Å². The Kier molecular flexibility index (Phi) is 4.34. The van der Waals surface area contributed by atoms with Crippen LogP contribution in [0.2, 0.25) is 0 Å². The van der Waals surface area contributed by atoms with Crippen LogP contribution in [0, 0.1) is 24.1 Å². The first-order chi connectivity index (χ1) is 13.6. The molecule has 0 saturated carbocycles. The van der Waals surface area contributed by atoms with E-state index in [-0.39, 0.29) is 11.5 Å². The minimum Gasteiger partial charge on any atom is -0.245 e. The third-order valence-electron chi connectivity index (χ3n) is 4.47. The first kappa shape index (κ1) is 17.4. The summed E-state index contributed by atoms with van der Waals surface area (Å²) in [5.74, 6) is 0.0624. The van der Waals surface area contributed by atoms with Gasteiger partial charge in [0.05, 0.1) is 23.0 Å². The fraction of sp³-hybridized carbons (Fsp3) is 0.0455. The second-order valence-electron chi connectivity index (χ2n) is 6.31. The largest absolute Gasteiger partial charge is 0.355 e. The Morgan fingerprint density at radius 2 is 1.64 bits per heavy atom. The van der Waals surface area contributed by atoms with E-state index < -0.39 is 0 Å². The van der Waals surface area contributed by atoms with Crippen molar-refractivity contribution in [2.75, 3.05) is 0 Å². The minimum absolute atomic E-state index is 0.380. The lowest BCUT2D eigenvalue weighted by Crippen LogP contribution is -2.23. The van der Waals surface area contributed by atoms with Gasteiger partial charge in [-0.15, -0.1) is 5.10 Å².